The lowest BCUT2D eigenvalue weighted by molar-refractivity contribution is -0.120. The highest BCUT2D eigenvalue weighted by Crippen LogP contribution is 1.95. The van der Waals surface area contributed by atoms with Crippen LogP contribution in [0.5, 0.6) is 0 Å². The lowest BCUT2D eigenvalue weighted by atomic mass is 10.1. The molecule has 1 atom stereocenters. The van der Waals surface area contributed by atoms with Gasteiger partial charge in [-0.1, -0.05) is 0 Å². The molecule has 0 aromatic rings. The van der Waals surface area contributed by atoms with Gasteiger partial charge in [0, 0.05) is 6.42 Å². The molecule has 12 heavy (non-hydrogen) atoms. The lowest BCUT2D eigenvalue weighted by Gasteiger charge is -2.06. The van der Waals surface area contributed by atoms with E-state index in [0.717, 1.165) is 0 Å². The van der Waals surface area contributed by atoms with Crippen molar-refractivity contribution in [3.05, 3.63) is 0 Å². The Kier molecular flexibility index (Phi) is 5.44. The molecular weight excluding hydrogens is 158 g/mol. The van der Waals surface area contributed by atoms with Gasteiger partial charge in [-0.05, 0) is 6.42 Å². The summed E-state index contributed by atoms with van der Waals surface area (Å²) in [5, 5.41) is 0. The fraction of sp³-hybridized carbons (Fsp3) is 0.714. The normalized spacial score (nSPS) is 12.6. The molecule has 0 radical (unpaired) electrons. The minimum absolute atomic E-state index is 0.00351. The number of hydrogen-bond donors (Lipinski definition) is 3. The predicted molar refractivity (Wildman–Crippen MR) is 45.3 cm³/mol. The maximum atomic E-state index is 10.8. The highest BCUT2D eigenvalue weighted by molar-refractivity contribution is 5.86. The first-order valence-electron chi connectivity index (χ1n) is 3.82. The molecule has 5 nitrogen and oxygen atoms in total. The summed E-state index contributed by atoms with van der Waals surface area (Å²) >= 11 is 0. The zero-order valence-corrected chi connectivity index (χ0v) is 6.95. The molecule has 0 aromatic carbocycles. The minimum Gasteiger partial charge on any atom is -0.324 e. The summed E-state index contributed by atoms with van der Waals surface area (Å²) in [6.45, 7) is -0.0679. The van der Waals surface area contributed by atoms with Crippen molar-refractivity contribution in [2.24, 2.45) is 17.2 Å². The van der Waals surface area contributed by atoms with Gasteiger partial charge in [0.25, 0.3) is 0 Å². The van der Waals surface area contributed by atoms with E-state index in [4.69, 9.17) is 17.2 Å². The molecule has 0 heterocycles. The Morgan fingerprint density at radius 2 is 1.75 bits per heavy atom. The van der Waals surface area contributed by atoms with E-state index in [9.17, 15) is 9.59 Å². The van der Waals surface area contributed by atoms with E-state index >= 15 is 0 Å². The summed E-state index contributed by atoms with van der Waals surface area (Å²) in [7, 11) is 0. The molecule has 0 fully saturated rings. The van der Waals surface area contributed by atoms with E-state index in [1.807, 2.05) is 0 Å². The molecule has 0 rings (SSSR count). The van der Waals surface area contributed by atoms with Crippen LogP contribution in [0.25, 0.3) is 0 Å². The summed E-state index contributed by atoms with van der Waals surface area (Å²) in [6, 6.07) is -0.620. The fourth-order valence-electron chi connectivity index (χ4n) is 0.731. The first-order chi connectivity index (χ1) is 5.61. The standard InChI is InChI=1S/C7H15N3O2/c8-3-5(11)1-2-6(10)7(12)4-9/h6H,1-4,8-10H2/t6-/m1/s1. The Hall–Kier alpha value is -0.780. The Labute approximate surface area is 71.3 Å². The summed E-state index contributed by atoms with van der Waals surface area (Å²) < 4.78 is 0. The highest BCUT2D eigenvalue weighted by atomic mass is 16.1. The van der Waals surface area contributed by atoms with Gasteiger partial charge in [0.1, 0.15) is 5.78 Å². The van der Waals surface area contributed by atoms with Gasteiger partial charge in [0.15, 0.2) is 5.78 Å². The lowest BCUT2D eigenvalue weighted by Crippen LogP contribution is -2.36. The summed E-state index contributed by atoms with van der Waals surface area (Å²) in [6.07, 6.45) is 0.593. The largest absolute Gasteiger partial charge is 0.324 e. The van der Waals surface area contributed by atoms with Gasteiger partial charge in [0.2, 0.25) is 0 Å². The third-order valence-electron chi connectivity index (χ3n) is 1.58. The second kappa shape index (κ2) is 5.82. The van der Waals surface area contributed by atoms with Crippen molar-refractivity contribution in [2.75, 3.05) is 13.1 Å². The van der Waals surface area contributed by atoms with E-state index in [1.54, 1.807) is 0 Å². The van der Waals surface area contributed by atoms with Gasteiger partial charge in [-0.2, -0.15) is 0 Å². The van der Waals surface area contributed by atoms with Crippen LogP contribution >= 0.6 is 0 Å². The number of ketones is 2. The Morgan fingerprint density at radius 1 is 1.17 bits per heavy atom. The molecule has 0 bridgehead atoms. The van der Waals surface area contributed by atoms with E-state index < -0.39 is 6.04 Å². The van der Waals surface area contributed by atoms with Gasteiger partial charge >= 0.3 is 0 Å². The van der Waals surface area contributed by atoms with Crippen LogP contribution in [-0.2, 0) is 9.59 Å². The number of hydrogen-bond acceptors (Lipinski definition) is 5. The number of Topliss-reactive ketones (excluding diaryl/α,β-unsaturated/α-hetero) is 2. The van der Waals surface area contributed by atoms with Crippen LogP contribution in [0.2, 0.25) is 0 Å². The summed E-state index contributed by atoms with van der Waals surface area (Å²) in [5.74, 6) is -0.310. The van der Waals surface area contributed by atoms with Crippen molar-refractivity contribution in [3.8, 4) is 0 Å². The van der Waals surface area contributed by atoms with Crippen LogP contribution in [0, 0.1) is 0 Å². The summed E-state index contributed by atoms with van der Waals surface area (Å²) in [4.78, 5) is 21.5. The molecule has 6 N–H and O–H groups in total. The maximum absolute atomic E-state index is 10.8. The van der Waals surface area contributed by atoms with E-state index in [-0.39, 0.29) is 31.1 Å². The average molecular weight is 173 g/mol. The van der Waals surface area contributed by atoms with Crippen LogP contribution in [0.3, 0.4) is 0 Å². The number of carbonyl (C=O) groups excluding carboxylic acids is 2. The molecule has 0 amide bonds. The predicted octanol–water partition coefficient (Wildman–Crippen LogP) is -1.85. The van der Waals surface area contributed by atoms with Crippen molar-refractivity contribution in [2.45, 2.75) is 18.9 Å². The van der Waals surface area contributed by atoms with Crippen LogP contribution in [-0.4, -0.2) is 30.7 Å². The van der Waals surface area contributed by atoms with Crippen LogP contribution in [0.4, 0.5) is 0 Å². The number of carbonyl (C=O) groups is 2. The van der Waals surface area contributed by atoms with Gasteiger partial charge < -0.3 is 17.2 Å². The van der Waals surface area contributed by atoms with Gasteiger partial charge in [0.05, 0.1) is 19.1 Å². The van der Waals surface area contributed by atoms with Crippen LogP contribution < -0.4 is 17.2 Å². The third-order valence-corrected chi connectivity index (χ3v) is 1.58. The topological polar surface area (TPSA) is 112 Å². The third kappa shape index (κ3) is 4.17. The second-order valence-electron chi connectivity index (χ2n) is 2.56. The Bertz CT molecular complexity index is 170. The SMILES string of the molecule is NCC(=O)CC[C@@H](N)C(=O)CN. The molecule has 70 valence electrons. The van der Waals surface area contributed by atoms with E-state index in [0.29, 0.717) is 6.42 Å². The van der Waals surface area contributed by atoms with Gasteiger partial charge in [-0.15, -0.1) is 0 Å². The zero-order valence-electron chi connectivity index (χ0n) is 6.95. The zero-order chi connectivity index (χ0) is 9.56. The highest BCUT2D eigenvalue weighted by Gasteiger charge is 2.12. The van der Waals surface area contributed by atoms with Crippen molar-refractivity contribution in [3.63, 3.8) is 0 Å². The number of nitrogens with two attached hydrogens (primary N) is 3. The number of rotatable bonds is 6. The molecule has 0 aromatic heterocycles. The molecular formula is C7H15N3O2. The van der Waals surface area contributed by atoms with Crippen molar-refractivity contribution in [1.29, 1.82) is 0 Å². The smallest absolute Gasteiger partial charge is 0.163 e. The Morgan fingerprint density at radius 3 is 2.17 bits per heavy atom. The first kappa shape index (κ1) is 11.2. The van der Waals surface area contributed by atoms with Gasteiger partial charge in [-0.3, -0.25) is 9.59 Å². The molecule has 0 aliphatic heterocycles. The quantitative estimate of drug-likeness (QED) is 0.436. The first-order valence-corrected chi connectivity index (χ1v) is 3.82. The average Bonchev–Trinajstić information content (AvgIpc) is 2.11. The van der Waals surface area contributed by atoms with Crippen LogP contribution in [0.1, 0.15) is 12.8 Å². The molecule has 0 aliphatic rings. The molecule has 0 spiro atoms. The molecule has 0 saturated heterocycles. The molecule has 5 heteroatoms. The second-order valence-corrected chi connectivity index (χ2v) is 2.56. The Balaban J connectivity index is 3.63. The van der Waals surface area contributed by atoms with E-state index in [1.165, 1.54) is 0 Å². The maximum Gasteiger partial charge on any atom is 0.163 e. The molecule has 0 saturated carbocycles. The van der Waals surface area contributed by atoms with Crippen molar-refractivity contribution >= 4 is 11.6 Å². The summed E-state index contributed by atoms with van der Waals surface area (Å²) in [5.41, 5.74) is 15.5. The fourth-order valence-corrected chi connectivity index (χ4v) is 0.731. The van der Waals surface area contributed by atoms with Crippen LogP contribution in [0.15, 0.2) is 0 Å². The molecule has 0 aliphatic carbocycles. The van der Waals surface area contributed by atoms with Gasteiger partial charge in [-0.25, -0.2) is 0 Å². The minimum atomic E-state index is -0.620. The van der Waals surface area contributed by atoms with Crippen molar-refractivity contribution < 1.29 is 9.59 Å². The molecule has 0 unspecified atom stereocenters. The monoisotopic (exact) mass is 173 g/mol. The van der Waals surface area contributed by atoms with E-state index in [2.05, 4.69) is 0 Å². The van der Waals surface area contributed by atoms with Crippen molar-refractivity contribution in [1.82, 2.24) is 0 Å².